The molecule has 0 heterocycles. The predicted octanol–water partition coefficient (Wildman–Crippen LogP) is 3.12. The molecular weight excluding hydrogens is 326 g/mol. The van der Waals surface area contributed by atoms with Crippen LogP contribution in [0.4, 0.5) is 8.78 Å². The van der Waals surface area contributed by atoms with Gasteiger partial charge in [-0.2, -0.15) is 0 Å². The molecule has 0 aliphatic rings. The Bertz CT molecular complexity index is 367. The lowest BCUT2D eigenvalue weighted by Gasteiger charge is -2.06. The van der Waals surface area contributed by atoms with Crippen molar-refractivity contribution >= 4 is 37.8 Å². The Morgan fingerprint density at radius 1 is 1.43 bits per heavy atom. The molecule has 0 atom stereocenters. The number of rotatable bonds is 2. The molecule has 0 aromatic heterocycles. The molecule has 0 amide bonds. The van der Waals surface area contributed by atoms with E-state index in [4.69, 9.17) is 5.11 Å². The number of carboxylic acid groups (broad SMARTS) is 1. The zero-order chi connectivity index (χ0) is 10.9. The van der Waals surface area contributed by atoms with Crippen LogP contribution in [0.3, 0.4) is 0 Å². The van der Waals surface area contributed by atoms with Gasteiger partial charge in [0.2, 0.25) is 0 Å². The average Bonchev–Trinajstić information content (AvgIpc) is 2.09. The van der Waals surface area contributed by atoms with Crippen LogP contribution in [-0.2, 0) is 11.2 Å². The van der Waals surface area contributed by atoms with E-state index >= 15 is 0 Å². The number of benzene rings is 1. The molecule has 0 aliphatic carbocycles. The highest BCUT2D eigenvalue weighted by Crippen LogP contribution is 2.30. The van der Waals surface area contributed by atoms with Crippen LogP contribution in [0.25, 0.3) is 0 Å². The zero-order valence-corrected chi connectivity index (χ0v) is 9.82. The molecule has 1 rings (SSSR count). The van der Waals surface area contributed by atoms with Crippen molar-refractivity contribution in [2.75, 3.05) is 0 Å². The molecule has 1 N–H and O–H groups in total. The van der Waals surface area contributed by atoms with E-state index in [1.807, 2.05) is 0 Å². The van der Waals surface area contributed by atoms with E-state index in [1.165, 1.54) is 0 Å². The van der Waals surface area contributed by atoms with E-state index in [2.05, 4.69) is 31.9 Å². The topological polar surface area (TPSA) is 37.3 Å². The van der Waals surface area contributed by atoms with Gasteiger partial charge in [0.15, 0.2) is 11.6 Å². The summed E-state index contributed by atoms with van der Waals surface area (Å²) in [6, 6.07) is 0.935. The first-order chi connectivity index (χ1) is 6.43. The Morgan fingerprint density at radius 3 is 2.50 bits per heavy atom. The van der Waals surface area contributed by atoms with Crippen LogP contribution in [0.1, 0.15) is 5.56 Å². The van der Waals surface area contributed by atoms with Gasteiger partial charge in [0.05, 0.1) is 6.42 Å². The van der Waals surface area contributed by atoms with Crippen LogP contribution in [0, 0.1) is 11.6 Å². The van der Waals surface area contributed by atoms with Crippen LogP contribution < -0.4 is 0 Å². The molecular formula is C8H4Br2F2O2. The predicted molar refractivity (Wildman–Crippen MR) is 53.1 cm³/mol. The maximum absolute atomic E-state index is 13.1. The number of carboxylic acids is 1. The molecule has 0 unspecified atom stereocenters. The van der Waals surface area contributed by atoms with Gasteiger partial charge >= 0.3 is 5.97 Å². The average molecular weight is 330 g/mol. The van der Waals surface area contributed by atoms with E-state index in [-0.39, 0.29) is 14.5 Å². The third-order valence-corrected chi connectivity index (χ3v) is 3.59. The molecule has 0 aliphatic heterocycles. The van der Waals surface area contributed by atoms with E-state index in [9.17, 15) is 13.6 Å². The Balaban J connectivity index is 3.31. The molecule has 14 heavy (non-hydrogen) atoms. The van der Waals surface area contributed by atoms with Gasteiger partial charge in [-0.25, -0.2) is 8.78 Å². The van der Waals surface area contributed by atoms with Crippen LogP contribution in [0.2, 0.25) is 0 Å². The lowest BCUT2D eigenvalue weighted by molar-refractivity contribution is -0.136. The van der Waals surface area contributed by atoms with Crippen LogP contribution in [0.5, 0.6) is 0 Å². The zero-order valence-electron chi connectivity index (χ0n) is 6.65. The summed E-state index contributed by atoms with van der Waals surface area (Å²) in [5.74, 6) is -3.43. The maximum atomic E-state index is 13.1. The highest BCUT2D eigenvalue weighted by atomic mass is 79.9. The maximum Gasteiger partial charge on any atom is 0.307 e. The van der Waals surface area contributed by atoms with Crippen molar-refractivity contribution in [2.24, 2.45) is 0 Å². The van der Waals surface area contributed by atoms with Crippen molar-refractivity contribution in [3.8, 4) is 0 Å². The number of halogens is 4. The Labute approximate surface area is 95.2 Å². The van der Waals surface area contributed by atoms with Crippen molar-refractivity contribution < 1.29 is 18.7 Å². The van der Waals surface area contributed by atoms with E-state index < -0.39 is 24.0 Å². The van der Waals surface area contributed by atoms with E-state index in [0.29, 0.717) is 0 Å². The minimum atomic E-state index is -1.22. The third-order valence-electron chi connectivity index (χ3n) is 1.53. The summed E-state index contributed by atoms with van der Waals surface area (Å²) in [5, 5.41) is 8.47. The summed E-state index contributed by atoms with van der Waals surface area (Å²) in [6.07, 6.45) is -0.567. The molecule has 1 aromatic rings. The molecule has 0 spiro atoms. The van der Waals surface area contributed by atoms with Gasteiger partial charge in [-0.3, -0.25) is 4.79 Å². The Morgan fingerprint density at radius 2 is 2.00 bits per heavy atom. The standard InChI is InChI=1S/C8H4Br2F2O2/c9-4-2-5(11)8(12)3(7(4)10)1-6(13)14/h2H,1H2,(H,13,14). The highest BCUT2D eigenvalue weighted by Gasteiger charge is 2.17. The highest BCUT2D eigenvalue weighted by molar-refractivity contribution is 9.13. The molecule has 0 radical (unpaired) electrons. The van der Waals surface area contributed by atoms with Crippen molar-refractivity contribution in [2.45, 2.75) is 6.42 Å². The fourth-order valence-electron chi connectivity index (χ4n) is 0.929. The van der Waals surface area contributed by atoms with E-state index in [1.54, 1.807) is 0 Å². The molecule has 0 saturated heterocycles. The van der Waals surface area contributed by atoms with Crippen LogP contribution in [0.15, 0.2) is 15.0 Å². The summed E-state index contributed by atoms with van der Waals surface area (Å²) in [4.78, 5) is 10.4. The monoisotopic (exact) mass is 328 g/mol. The second-order valence-electron chi connectivity index (χ2n) is 2.52. The second kappa shape index (κ2) is 4.35. The fraction of sp³-hybridized carbons (Fsp3) is 0.125. The Hall–Kier alpha value is -0.490. The molecule has 0 bridgehead atoms. The van der Waals surface area contributed by atoms with Crippen LogP contribution in [-0.4, -0.2) is 11.1 Å². The lowest BCUT2D eigenvalue weighted by Crippen LogP contribution is -2.05. The van der Waals surface area contributed by atoms with Gasteiger partial charge in [-0.15, -0.1) is 0 Å². The second-order valence-corrected chi connectivity index (χ2v) is 4.16. The summed E-state index contributed by atoms with van der Waals surface area (Å²) in [5.41, 5.74) is -0.204. The van der Waals surface area contributed by atoms with Gasteiger partial charge in [0.25, 0.3) is 0 Å². The summed E-state index contributed by atoms with van der Waals surface area (Å²) in [6.45, 7) is 0. The van der Waals surface area contributed by atoms with Gasteiger partial charge in [-0.05, 0) is 37.9 Å². The van der Waals surface area contributed by atoms with Crippen molar-refractivity contribution in [3.05, 3.63) is 32.2 Å². The van der Waals surface area contributed by atoms with Gasteiger partial charge < -0.3 is 5.11 Å². The largest absolute Gasteiger partial charge is 0.481 e. The van der Waals surface area contributed by atoms with Gasteiger partial charge in [-0.1, -0.05) is 0 Å². The van der Waals surface area contributed by atoms with Crippen molar-refractivity contribution in [1.29, 1.82) is 0 Å². The molecule has 6 heteroatoms. The minimum Gasteiger partial charge on any atom is -0.481 e. The first kappa shape index (κ1) is 11.6. The normalized spacial score (nSPS) is 10.3. The number of aliphatic carboxylic acids is 1. The first-order valence-electron chi connectivity index (χ1n) is 3.47. The fourth-order valence-corrected chi connectivity index (χ4v) is 1.80. The minimum absolute atomic E-state index is 0.204. The third kappa shape index (κ3) is 2.30. The summed E-state index contributed by atoms with van der Waals surface area (Å²) in [7, 11) is 0. The number of hydrogen-bond acceptors (Lipinski definition) is 1. The van der Waals surface area contributed by atoms with Gasteiger partial charge in [0, 0.05) is 14.5 Å². The van der Waals surface area contributed by atoms with Crippen molar-refractivity contribution in [3.63, 3.8) is 0 Å². The SMILES string of the molecule is O=C(O)Cc1c(F)c(F)cc(Br)c1Br. The lowest BCUT2D eigenvalue weighted by atomic mass is 10.1. The molecule has 0 saturated carbocycles. The smallest absolute Gasteiger partial charge is 0.307 e. The van der Waals surface area contributed by atoms with Crippen LogP contribution >= 0.6 is 31.9 Å². The van der Waals surface area contributed by atoms with Gasteiger partial charge in [0.1, 0.15) is 0 Å². The molecule has 76 valence electrons. The van der Waals surface area contributed by atoms with E-state index in [0.717, 1.165) is 6.07 Å². The molecule has 2 nitrogen and oxygen atoms in total. The number of hydrogen-bond donors (Lipinski definition) is 1. The Kier molecular flexibility index (Phi) is 3.60. The first-order valence-corrected chi connectivity index (χ1v) is 5.05. The number of carbonyl (C=O) groups is 1. The molecule has 0 fully saturated rings. The van der Waals surface area contributed by atoms with Crippen molar-refractivity contribution in [1.82, 2.24) is 0 Å². The summed E-state index contributed by atoms with van der Waals surface area (Å²) >= 11 is 5.95. The quantitative estimate of drug-likeness (QED) is 0.846. The summed E-state index contributed by atoms with van der Waals surface area (Å²) < 4.78 is 26.5. The molecule has 1 aromatic carbocycles.